The second-order valence-electron chi connectivity index (χ2n) is 27.1. The molecule has 0 aromatic carbocycles. The lowest BCUT2D eigenvalue weighted by Crippen LogP contribution is -2.66. The van der Waals surface area contributed by atoms with E-state index in [1.165, 1.54) is 238 Å². The first kappa shape index (κ1) is 83.8. The minimum Gasteiger partial charge on any atom is -0.394 e. The second kappa shape index (κ2) is 54.5. The Morgan fingerprint density at radius 2 is 0.681 bits per heavy atom. The maximum atomic E-state index is 13.4. The molecule has 17 atom stereocenters. The normalized spacial score (nSPS) is 27.9. The number of aliphatic hydroxyl groups excluding tert-OH is 11. The van der Waals surface area contributed by atoms with Gasteiger partial charge in [-0.25, -0.2) is 0 Å². The number of allylic oxidation sites excluding steroid dienone is 1. The average molecular weight is 1300 g/mol. The number of ether oxygens (including phenoxy) is 6. The topological polar surface area (TPSA) is 307 Å². The van der Waals surface area contributed by atoms with Crippen LogP contribution in [0.5, 0.6) is 0 Å². The molecule has 3 aliphatic rings. The lowest BCUT2D eigenvalue weighted by atomic mass is 9.96. The minimum atomic E-state index is -1.98. The minimum absolute atomic E-state index is 0.250. The fourth-order valence-corrected chi connectivity index (χ4v) is 13.0. The number of nitrogens with one attached hydrogen (secondary N) is 1. The summed E-state index contributed by atoms with van der Waals surface area (Å²) in [6, 6.07) is -0.969. The van der Waals surface area contributed by atoms with Crippen LogP contribution in [0.1, 0.15) is 309 Å². The molecule has 19 nitrogen and oxygen atoms in total. The molecule has 19 heteroatoms. The third-order valence-electron chi connectivity index (χ3n) is 19.1. The van der Waals surface area contributed by atoms with Gasteiger partial charge in [0.1, 0.15) is 73.2 Å². The molecule has 3 fully saturated rings. The highest BCUT2D eigenvalue weighted by Crippen LogP contribution is 2.33. The Balaban J connectivity index is 1.41. The fourth-order valence-electron chi connectivity index (χ4n) is 13.0. The molecule has 0 radical (unpaired) electrons. The van der Waals surface area contributed by atoms with E-state index in [0.29, 0.717) is 6.42 Å². The summed E-state index contributed by atoms with van der Waals surface area (Å²) < 4.78 is 34.4. The average Bonchev–Trinajstić information content (AvgIpc) is 0.887. The van der Waals surface area contributed by atoms with Crippen molar-refractivity contribution >= 4 is 5.91 Å². The maximum Gasteiger partial charge on any atom is 0.220 e. The Kier molecular flexibility index (Phi) is 50.2. The SMILES string of the molecule is CCCCCCCCCCCCCCCCCCCCC/C=C/C(O)C(COC1OC(CO)C(OC2OC(CO)C(OC3OC(CO)C(O)C(O)C3O)C(O)C2O)C(O)C1O)NC(=O)CCCCCCCCCCCCCCCCCCCCCCCCCCC. The molecular weight excluding hydrogens is 1170 g/mol. The van der Waals surface area contributed by atoms with Crippen LogP contribution in [-0.2, 0) is 33.2 Å². The third kappa shape index (κ3) is 36.1. The summed E-state index contributed by atoms with van der Waals surface area (Å²) in [6.45, 7) is 1.79. The van der Waals surface area contributed by atoms with Crippen molar-refractivity contribution in [3.63, 3.8) is 0 Å². The van der Waals surface area contributed by atoms with Gasteiger partial charge in [0.05, 0.1) is 38.6 Å². The zero-order chi connectivity index (χ0) is 66.1. The highest BCUT2D eigenvalue weighted by Gasteiger charge is 2.53. The number of carbonyl (C=O) groups is 1. The molecule has 3 aliphatic heterocycles. The van der Waals surface area contributed by atoms with E-state index in [1.54, 1.807) is 6.08 Å². The molecule has 0 aromatic heterocycles. The molecule has 1 amide bonds. The molecule has 0 bridgehead atoms. The molecule has 17 unspecified atom stereocenters. The highest BCUT2D eigenvalue weighted by atomic mass is 16.8. The van der Waals surface area contributed by atoms with Crippen LogP contribution in [0, 0.1) is 0 Å². The van der Waals surface area contributed by atoms with Gasteiger partial charge in [-0.15, -0.1) is 0 Å². The maximum absolute atomic E-state index is 13.4. The van der Waals surface area contributed by atoms with Gasteiger partial charge in [-0.2, -0.15) is 0 Å². The lowest BCUT2D eigenvalue weighted by molar-refractivity contribution is -0.379. The van der Waals surface area contributed by atoms with E-state index >= 15 is 0 Å². The predicted molar refractivity (Wildman–Crippen MR) is 356 cm³/mol. The van der Waals surface area contributed by atoms with Gasteiger partial charge >= 0.3 is 0 Å². The van der Waals surface area contributed by atoms with Crippen molar-refractivity contribution in [2.75, 3.05) is 26.4 Å². The zero-order valence-electron chi connectivity index (χ0n) is 57.1. The van der Waals surface area contributed by atoms with Gasteiger partial charge < -0.3 is 89.9 Å². The van der Waals surface area contributed by atoms with Crippen LogP contribution in [0.25, 0.3) is 0 Å². The van der Waals surface area contributed by atoms with Gasteiger partial charge in [0.2, 0.25) is 5.91 Å². The van der Waals surface area contributed by atoms with Crippen LogP contribution in [0.15, 0.2) is 12.2 Å². The van der Waals surface area contributed by atoms with Crippen molar-refractivity contribution in [1.29, 1.82) is 0 Å². The number of hydrogen-bond donors (Lipinski definition) is 12. The summed E-state index contributed by atoms with van der Waals surface area (Å²) >= 11 is 0. The van der Waals surface area contributed by atoms with E-state index in [2.05, 4.69) is 19.2 Å². The van der Waals surface area contributed by atoms with Crippen molar-refractivity contribution < 1.29 is 89.4 Å². The number of amides is 1. The molecule has 0 aromatic rings. The summed E-state index contributed by atoms with van der Waals surface area (Å²) in [4.78, 5) is 13.4. The number of unbranched alkanes of at least 4 members (excludes halogenated alkanes) is 43. The first-order chi connectivity index (χ1) is 44.3. The molecule has 91 heavy (non-hydrogen) atoms. The Bertz CT molecular complexity index is 1700. The Morgan fingerprint density at radius 1 is 0.385 bits per heavy atom. The monoisotopic (exact) mass is 1300 g/mol. The second-order valence-corrected chi connectivity index (χ2v) is 27.1. The van der Waals surface area contributed by atoms with E-state index in [9.17, 15) is 61.0 Å². The van der Waals surface area contributed by atoms with E-state index in [0.717, 1.165) is 44.9 Å². The smallest absolute Gasteiger partial charge is 0.220 e. The van der Waals surface area contributed by atoms with Crippen LogP contribution in [-0.4, -0.2) is 193 Å². The van der Waals surface area contributed by atoms with Gasteiger partial charge in [0, 0.05) is 6.42 Å². The number of hydrogen-bond acceptors (Lipinski definition) is 18. The van der Waals surface area contributed by atoms with Crippen molar-refractivity contribution in [3.05, 3.63) is 12.2 Å². The summed E-state index contributed by atoms with van der Waals surface area (Å²) in [6.07, 6.45) is 34.7. The summed E-state index contributed by atoms with van der Waals surface area (Å²) in [5, 5.41) is 121. The first-order valence-corrected chi connectivity index (χ1v) is 37.4. The predicted octanol–water partition coefficient (Wildman–Crippen LogP) is 10.8. The van der Waals surface area contributed by atoms with E-state index in [4.69, 9.17) is 28.4 Å². The van der Waals surface area contributed by atoms with E-state index < -0.39 is 124 Å². The summed E-state index contributed by atoms with van der Waals surface area (Å²) in [5.74, 6) is -0.268. The van der Waals surface area contributed by atoms with E-state index in [-0.39, 0.29) is 18.9 Å². The van der Waals surface area contributed by atoms with Gasteiger partial charge in [0.15, 0.2) is 18.9 Å². The quantitative estimate of drug-likeness (QED) is 0.0199. The van der Waals surface area contributed by atoms with Crippen LogP contribution in [0.4, 0.5) is 0 Å². The standard InChI is InChI=1S/C72H137NO18/c1-3-5-7-9-11-13-15-17-19-21-23-25-26-27-28-30-32-34-36-38-40-42-44-46-48-50-60(78)73-55(56(77)49-47-45-43-41-39-37-35-33-31-29-24-22-20-18-16-14-12-10-8-6-4-2)54-86-70-66(84)63(81)68(58(52-75)88-70)91-72-67(85)64(82)69(59(53-76)89-72)90-71-65(83)62(80)61(79)57(51-74)87-71/h47,49,55-59,61-72,74-77,79-85H,3-46,48,50-54H2,1-2H3,(H,73,78)/b49-47+. The summed E-state index contributed by atoms with van der Waals surface area (Å²) in [5.41, 5.74) is 0. The highest BCUT2D eigenvalue weighted by molar-refractivity contribution is 5.76. The van der Waals surface area contributed by atoms with Crippen molar-refractivity contribution in [1.82, 2.24) is 5.32 Å². The van der Waals surface area contributed by atoms with Crippen LogP contribution >= 0.6 is 0 Å². The van der Waals surface area contributed by atoms with Crippen molar-refractivity contribution in [3.8, 4) is 0 Å². The molecule has 3 rings (SSSR count). The Morgan fingerprint density at radius 3 is 1.03 bits per heavy atom. The van der Waals surface area contributed by atoms with Gasteiger partial charge in [-0.3, -0.25) is 4.79 Å². The first-order valence-electron chi connectivity index (χ1n) is 37.4. The van der Waals surface area contributed by atoms with Crippen LogP contribution in [0.3, 0.4) is 0 Å². The molecule has 0 aliphatic carbocycles. The molecule has 12 N–H and O–H groups in total. The molecule has 3 heterocycles. The van der Waals surface area contributed by atoms with Gasteiger partial charge in [-0.05, 0) is 19.3 Å². The molecule has 0 saturated carbocycles. The summed E-state index contributed by atoms with van der Waals surface area (Å²) in [7, 11) is 0. The Labute approximate surface area is 550 Å². The van der Waals surface area contributed by atoms with Crippen molar-refractivity contribution in [2.45, 2.75) is 413 Å². The van der Waals surface area contributed by atoms with Crippen LogP contribution < -0.4 is 5.32 Å². The molecule has 3 saturated heterocycles. The Hall–Kier alpha value is -1.47. The number of aliphatic hydroxyl groups is 11. The van der Waals surface area contributed by atoms with Crippen molar-refractivity contribution in [2.24, 2.45) is 0 Å². The fraction of sp³-hybridized carbons (Fsp3) is 0.958. The lowest BCUT2D eigenvalue weighted by Gasteiger charge is -2.48. The van der Waals surface area contributed by atoms with E-state index in [1.807, 2.05) is 6.08 Å². The largest absolute Gasteiger partial charge is 0.394 e. The number of rotatable bonds is 59. The molecule has 0 spiro atoms. The zero-order valence-corrected chi connectivity index (χ0v) is 57.1. The molecular formula is C72H137NO18. The third-order valence-corrected chi connectivity index (χ3v) is 19.1. The molecule has 538 valence electrons. The van der Waals surface area contributed by atoms with Gasteiger partial charge in [0.25, 0.3) is 0 Å². The number of carbonyl (C=O) groups excluding carboxylic acids is 1. The van der Waals surface area contributed by atoms with Gasteiger partial charge in [-0.1, -0.05) is 296 Å². The van der Waals surface area contributed by atoms with Crippen LogP contribution in [0.2, 0.25) is 0 Å².